The minimum absolute atomic E-state index is 0.0282. The molecule has 5 nitrogen and oxygen atoms in total. The van der Waals surface area contributed by atoms with Crippen molar-refractivity contribution in [2.45, 2.75) is 6.92 Å². The first-order chi connectivity index (χ1) is 8.10. The molecule has 0 aliphatic heterocycles. The number of aryl methyl sites for hydroxylation is 1. The molecular formula is C11H10ClN3O2. The van der Waals surface area contributed by atoms with E-state index in [1.807, 2.05) is 19.1 Å². The Bertz CT molecular complexity index is 610. The summed E-state index contributed by atoms with van der Waals surface area (Å²) in [5.41, 5.74) is 1.15. The van der Waals surface area contributed by atoms with Crippen molar-refractivity contribution in [1.82, 2.24) is 15.0 Å². The van der Waals surface area contributed by atoms with Gasteiger partial charge >= 0.3 is 11.7 Å². The van der Waals surface area contributed by atoms with Crippen molar-refractivity contribution in [2.24, 2.45) is 0 Å². The van der Waals surface area contributed by atoms with Gasteiger partial charge in [0.1, 0.15) is 5.82 Å². The maximum absolute atomic E-state index is 11.3. The van der Waals surface area contributed by atoms with Gasteiger partial charge in [-0.2, -0.15) is 4.98 Å². The lowest BCUT2D eigenvalue weighted by Crippen LogP contribution is -2.14. The van der Waals surface area contributed by atoms with E-state index >= 15 is 0 Å². The van der Waals surface area contributed by atoms with Crippen LogP contribution in [-0.2, 0) is 0 Å². The minimum Gasteiger partial charge on any atom is -0.467 e. The van der Waals surface area contributed by atoms with Crippen molar-refractivity contribution in [3.63, 3.8) is 0 Å². The van der Waals surface area contributed by atoms with E-state index < -0.39 is 5.69 Å². The summed E-state index contributed by atoms with van der Waals surface area (Å²) < 4.78 is 4.84. The van der Waals surface area contributed by atoms with Crippen molar-refractivity contribution in [3.05, 3.63) is 39.3 Å². The van der Waals surface area contributed by atoms with E-state index in [1.54, 1.807) is 6.07 Å². The van der Waals surface area contributed by atoms with Crippen LogP contribution < -0.4 is 10.4 Å². The Labute approximate surface area is 102 Å². The number of nitrogens with zero attached hydrogens (tertiary/aromatic N) is 2. The molecule has 88 valence electrons. The van der Waals surface area contributed by atoms with Crippen LogP contribution in [0, 0.1) is 6.92 Å². The molecular weight excluding hydrogens is 242 g/mol. The molecule has 6 heteroatoms. The zero-order valence-electron chi connectivity index (χ0n) is 9.32. The second kappa shape index (κ2) is 4.55. The summed E-state index contributed by atoms with van der Waals surface area (Å²) in [5, 5.41) is 0.612. The molecule has 1 N–H and O–H groups in total. The van der Waals surface area contributed by atoms with E-state index in [-0.39, 0.29) is 6.01 Å². The number of aromatic nitrogens is 3. The lowest BCUT2D eigenvalue weighted by atomic mass is 10.1. The van der Waals surface area contributed by atoms with Gasteiger partial charge in [-0.25, -0.2) is 4.79 Å². The summed E-state index contributed by atoms with van der Waals surface area (Å²) in [4.78, 5) is 21.4. The molecule has 0 fully saturated rings. The molecule has 0 bridgehead atoms. The number of hydrogen-bond donors (Lipinski definition) is 1. The fourth-order valence-electron chi connectivity index (χ4n) is 1.33. The van der Waals surface area contributed by atoms with Crippen LogP contribution in [0.25, 0.3) is 11.4 Å². The Kier molecular flexibility index (Phi) is 3.10. The van der Waals surface area contributed by atoms with E-state index in [9.17, 15) is 4.79 Å². The average Bonchev–Trinajstić information content (AvgIpc) is 2.32. The summed E-state index contributed by atoms with van der Waals surface area (Å²) in [6.07, 6.45) is 0. The molecule has 2 aromatic rings. The Hall–Kier alpha value is -1.88. The highest BCUT2D eigenvalue weighted by Crippen LogP contribution is 2.22. The molecule has 0 spiro atoms. The molecule has 1 aromatic heterocycles. The van der Waals surface area contributed by atoms with E-state index in [1.165, 1.54) is 7.11 Å². The number of nitrogens with one attached hydrogen (secondary N) is 1. The van der Waals surface area contributed by atoms with Crippen molar-refractivity contribution in [2.75, 3.05) is 7.11 Å². The van der Waals surface area contributed by atoms with Gasteiger partial charge in [-0.3, -0.25) is 4.98 Å². The molecule has 0 saturated carbocycles. The SMILES string of the molecule is COc1nc(-c2ccc(C)c(Cl)c2)[nH]c(=O)n1. The van der Waals surface area contributed by atoms with Gasteiger partial charge in [-0.1, -0.05) is 23.7 Å². The van der Waals surface area contributed by atoms with Gasteiger partial charge in [-0.05, 0) is 18.6 Å². The third-order valence-electron chi connectivity index (χ3n) is 2.26. The maximum atomic E-state index is 11.3. The number of benzene rings is 1. The Morgan fingerprint density at radius 3 is 2.76 bits per heavy atom. The van der Waals surface area contributed by atoms with E-state index in [0.29, 0.717) is 16.4 Å². The van der Waals surface area contributed by atoms with Crippen LogP contribution in [0.1, 0.15) is 5.56 Å². The number of halogens is 1. The fourth-order valence-corrected chi connectivity index (χ4v) is 1.51. The molecule has 1 heterocycles. The van der Waals surface area contributed by atoms with Crippen LogP contribution in [0.3, 0.4) is 0 Å². The quantitative estimate of drug-likeness (QED) is 0.884. The minimum atomic E-state index is -0.511. The second-order valence-corrected chi connectivity index (χ2v) is 3.86. The average molecular weight is 252 g/mol. The lowest BCUT2D eigenvalue weighted by molar-refractivity contribution is 0.377. The number of rotatable bonds is 2. The van der Waals surface area contributed by atoms with Crippen molar-refractivity contribution < 1.29 is 4.74 Å². The van der Waals surface area contributed by atoms with Crippen LogP contribution in [0.4, 0.5) is 0 Å². The highest BCUT2D eigenvalue weighted by Gasteiger charge is 2.06. The summed E-state index contributed by atoms with van der Waals surface area (Å²) in [6, 6.07) is 5.43. The Balaban J connectivity index is 2.55. The zero-order valence-corrected chi connectivity index (χ0v) is 10.1. The molecule has 0 amide bonds. The topological polar surface area (TPSA) is 67.9 Å². The van der Waals surface area contributed by atoms with E-state index in [2.05, 4.69) is 15.0 Å². The highest BCUT2D eigenvalue weighted by atomic mass is 35.5. The zero-order chi connectivity index (χ0) is 12.4. The van der Waals surface area contributed by atoms with Gasteiger partial charge in [0.05, 0.1) is 7.11 Å². The van der Waals surface area contributed by atoms with Gasteiger partial charge in [0.2, 0.25) is 0 Å². The smallest absolute Gasteiger partial charge is 0.351 e. The molecule has 17 heavy (non-hydrogen) atoms. The fraction of sp³-hybridized carbons (Fsp3) is 0.182. The molecule has 0 aliphatic carbocycles. The molecule has 0 unspecified atom stereocenters. The van der Waals surface area contributed by atoms with Gasteiger partial charge < -0.3 is 4.74 Å². The van der Waals surface area contributed by atoms with Gasteiger partial charge in [0.25, 0.3) is 0 Å². The normalized spacial score (nSPS) is 10.3. The predicted molar refractivity (Wildman–Crippen MR) is 64.4 cm³/mol. The lowest BCUT2D eigenvalue weighted by Gasteiger charge is -2.04. The molecule has 2 rings (SSSR count). The van der Waals surface area contributed by atoms with Crippen LogP contribution >= 0.6 is 11.6 Å². The summed E-state index contributed by atoms with van der Waals surface area (Å²) in [5.74, 6) is 0.378. The first kappa shape index (κ1) is 11.6. The van der Waals surface area contributed by atoms with Crippen molar-refractivity contribution >= 4 is 11.6 Å². The molecule has 0 atom stereocenters. The number of H-pyrrole nitrogens is 1. The van der Waals surface area contributed by atoms with E-state index in [0.717, 1.165) is 5.56 Å². The second-order valence-electron chi connectivity index (χ2n) is 3.45. The van der Waals surface area contributed by atoms with Crippen LogP contribution in [-0.4, -0.2) is 22.1 Å². The molecule has 0 radical (unpaired) electrons. The Morgan fingerprint density at radius 1 is 1.35 bits per heavy atom. The first-order valence-corrected chi connectivity index (χ1v) is 5.27. The summed E-state index contributed by atoms with van der Waals surface area (Å²) in [7, 11) is 1.40. The maximum Gasteiger partial charge on any atom is 0.351 e. The van der Waals surface area contributed by atoms with Crippen LogP contribution in [0.2, 0.25) is 5.02 Å². The first-order valence-electron chi connectivity index (χ1n) is 4.89. The molecule has 0 aliphatic rings. The number of methoxy groups -OCH3 is 1. The molecule has 1 aromatic carbocycles. The van der Waals surface area contributed by atoms with E-state index in [4.69, 9.17) is 16.3 Å². The van der Waals surface area contributed by atoms with Crippen LogP contribution in [0.15, 0.2) is 23.0 Å². The number of hydrogen-bond acceptors (Lipinski definition) is 4. The summed E-state index contributed by atoms with van der Waals surface area (Å²) in [6.45, 7) is 1.90. The molecule has 0 saturated heterocycles. The monoisotopic (exact) mass is 251 g/mol. The predicted octanol–water partition coefficient (Wildman–Crippen LogP) is 1.80. The summed E-state index contributed by atoms with van der Waals surface area (Å²) >= 11 is 6.01. The number of aromatic amines is 1. The van der Waals surface area contributed by atoms with Gasteiger partial charge in [0, 0.05) is 10.6 Å². The third kappa shape index (κ3) is 2.45. The van der Waals surface area contributed by atoms with Crippen LogP contribution in [0.5, 0.6) is 6.01 Å². The van der Waals surface area contributed by atoms with Crippen molar-refractivity contribution in [1.29, 1.82) is 0 Å². The Morgan fingerprint density at radius 2 is 2.12 bits per heavy atom. The third-order valence-corrected chi connectivity index (χ3v) is 2.67. The van der Waals surface area contributed by atoms with Gasteiger partial charge in [0.15, 0.2) is 0 Å². The van der Waals surface area contributed by atoms with Crippen molar-refractivity contribution in [3.8, 4) is 17.4 Å². The van der Waals surface area contributed by atoms with Gasteiger partial charge in [-0.15, -0.1) is 4.98 Å². The highest BCUT2D eigenvalue weighted by molar-refractivity contribution is 6.31. The standard InChI is InChI=1S/C11H10ClN3O2/c1-6-3-4-7(5-8(6)12)9-13-10(16)15-11(14-9)17-2/h3-5H,1-2H3,(H,13,14,15,16). The largest absolute Gasteiger partial charge is 0.467 e. The number of ether oxygens (including phenoxy) is 1.